The van der Waals surface area contributed by atoms with Crippen LogP contribution in [0.5, 0.6) is 0 Å². The van der Waals surface area contributed by atoms with Crippen molar-refractivity contribution < 1.29 is 9.53 Å². The van der Waals surface area contributed by atoms with Crippen molar-refractivity contribution in [1.82, 2.24) is 19.9 Å². The number of pyridine rings is 1. The van der Waals surface area contributed by atoms with Gasteiger partial charge < -0.3 is 15.0 Å². The Kier molecular flexibility index (Phi) is 6.79. The molecule has 0 radical (unpaired) electrons. The number of likely N-dealkylation sites (tertiary alicyclic amines) is 1. The summed E-state index contributed by atoms with van der Waals surface area (Å²) in [5, 5.41) is 4.03. The molecule has 33 heavy (non-hydrogen) atoms. The van der Waals surface area contributed by atoms with Crippen LogP contribution in [-0.2, 0) is 4.74 Å². The molecule has 2 aromatic heterocycles. The number of benzene rings is 1. The summed E-state index contributed by atoms with van der Waals surface area (Å²) in [6.45, 7) is 6.83. The van der Waals surface area contributed by atoms with Gasteiger partial charge >= 0.3 is 6.09 Å². The minimum atomic E-state index is -0.530. The number of aromatic nitrogens is 3. The van der Waals surface area contributed by atoms with Gasteiger partial charge in [-0.25, -0.2) is 14.8 Å². The molecule has 1 aromatic carbocycles. The fourth-order valence-corrected chi connectivity index (χ4v) is 3.87. The van der Waals surface area contributed by atoms with Crippen molar-refractivity contribution in [2.75, 3.05) is 18.4 Å². The second kappa shape index (κ2) is 9.75. The van der Waals surface area contributed by atoms with Crippen LogP contribution in [0.25, 0.3) is 11.3 Å². The highest BCUT2D eigenvalue weighted by Crippen LogP contribution is 2.30. The highest BCUT2D eigenvalue weighted by Gasteiger charge is 2.30. The molecule has 1 aliphatic rings. The molecule has 0 bridgehead atoms. The average molecular weight is 466 g/mol. The van der Waals surface area contributed by atoms with E-state index in [0.717, 1.165) is 29.8 Å². The van der Waals surface area contributed by atoms with Crippen molar-refractivity contribution in [3.63, 3.8) is 0 Å². The Labute approximate surface area is 199 Å². The molecule has 0 unspecified atom stereocenters. The lowest BCUT2D eigenvalue weighted by Gasteiger charge is -2.33. The second-order valence-electron chi connectivity index (χ2n) is 9.13. The van der Waals surface area contributed by atoms with E-state index in [1.165, 1.54) is 0 Å². The Balaban J connectivity index is 1.63. The molecule has 0 saturated carbocycles. The zero-order chi connectivity index (χ0) is 23.4. The van der Waals surface area contributed by atoms with Crippen molar-refractivity contribution in [2.24, 2.45) is 0 Å². The summed E-state index contributed by atoms with van der Waals surface area (Å²) in [5.41, 5.74) is 2.10. The largest absolute Gasteiger partial charge is 0.444 e. The number of hydrogen-bond acceptors (Lipinski definition) is 6. The maximum Gasteiger partial charge on any atom is 0.410 e. The number of halogens is 1. The standard InChI is InChI=1S/C25H28ClN5O2/c1-25(2,3)33-24(32)31-14-4-5-18(16-31)23-29-21(17-10-12-27-13-11-17)15-22(30-23)28-20-8-6-19(26)7-9-20/h6-13,15,18H,4-5,14,16H2,1-3H3,(H,28,29,30)/t18-/m0/s1. The zero-order valence-corrected chi connectivity index (χ0v) is 19.8. The van der Waals surface area contributed by atoms with Crippen molar-refractivity contribution in [1.29, 1.82) is 0 Å². The lowest BCUT2D eigenvalue weighted by molar-refractivity contribution is 0.0196. The van der Waals surface area contributed by atoms with Gasteiger partial charge in [0.05, 0.1) is 5.69 Å². The smallest absolute Gasteiger partial charge is 0.410 e. The summed E-state index contributed by atoms with van der Waals surface area (Å²) >= 11 is 6.02. The Bertz CT molecular complexity index is 1100. The van der Waals surface area contributed by atoms with Gasteiger partial charge in [0, 0.05) is 53.7 Å². The molecule has 4 rings (SSSR count). The minimum Gasteiger partial charge on any atom is -0.444 e. The number of piperidine rings is 1. The van der Waals surface area contributed by atoms with E-state index in [0.29, 0.717) is 29.8 Å². The lowest BCUT2D eigenvalue weighted by Crippen LogP contribution is -2.42. The molecule has 7 nitrogen and oxygen atoms in total. The van der Waals surface area contributed by atoms with Gasteiger partial charge in [-0.3, -0.25) is 4.98 Å². The maximum atomic E-state index is 12.6. The summed E-state index contributed by atoms with van der Waals surface area (Å²) in [5.74, 6) is 1.40. The predicted molar refractivity (Wildman–Crippen MR) is 130 cm³/mol. The molecule has 0 spiro atoms. The summed E-state index contributed by atoms with van der Waals surface area (Å²) in [7, 11) is 0. The molecule has 3 heterocycles. The third-order valence-electron chi connectivity index (χ3n) is 5.27. The van der Waals surface area contributed by atoms with E-state index in [1.807, 2.05) is 63.2 Å². The fraction of sp³-hybridized carbons (Fsp3) is 0.360. The van der Waals surface area contributed by atoms with Gasteiger partial charge in [-0.15, -0.1) is 0 Å². The van der Waals surface area contributed by atoms with Gasteiger partial charge in [-0.05, 0) is 70.0 Å². The van der Waals surface area contributed by atoms with Crippen molar-refractivity contribution in [2.45, 2.75) is 45.1 Å². The van der Waals surface area contributed by atoms with Crippen LogP contribution < -0.4 is 5.32 Å². The van der Waals surface area contributed by atoms with Crippen molar-refractivity contribution in [3.05, 3.63) is 65.7 Å². The van der Waals surface area contributed by atoms with Crippen LogP contribution in [-0.4, -0.2) is 44.6 Å². The van der Waals surface area contributed by atoms with Gasteiger partial charge in [0.25, 0.3) is 0 Å². The van der Waals surface area contributed by atoms with Crippen LogP contribution in [0.4, 0.5) is 16.3 Å². The third-order valence-corrected chi connectivity index (χ3v) is 5.53. The maximum absolute atomic E-state index is 12.6. The van der Waals surface area contributed by atoms with Crippen LogP contribution >= 0.6 is 11.6 Å². The predicted octanol–water partition coefficient (Wildman–Crippen LogP) is 6.05. The van der Waals surface area contributed by atoms with Crippen LogP contribution in [0.1, 0.15) is 45.4 Å². The third kappa shape index (κ3) is 6.20. The molecule has 1 saturated heterocycles. The monoisotopic (exact) mass is 465 g/mol. The fourth-order valence-electron chi connectivity index (χ4n) is 3.74. The molecule has 8 heteroatoms. The van der Waals surface area contributed by atoms with E-state index >= 15 is 0 Å². The average Bonchev–Trinajstić information content (AvgIpc) is 2.80. The summed E-state index contributed by atoms with van der Waals surface area (Å²) in [6.07, 6.45) is 4.96. The van der Waals surface area contributed by atoms with Crippen molar-refractivity contribution in [3.8, 4) is 11.3 Å². The molecular weight excluding hydrogens is 438 g/mol. The van der Waals surface area contributed by atoms with Crippen molar-refractivity contribution >= 4 is 29.2 Å². The molecule has 1 aliphatic heterocycles. The Morgan fingerprint density at radius 3 is 2.55 bits per heavy atom. The number of nitrogens with one attached hydrogen (secondary N) is 1. The second-order valence-corrected chi connectivity index (χ2v) is 9.57. The van der Waals surface area contributed by atoms with Gasteiger partial charge in [0.15, 0.2) is 0 Å². The van der Waals surface area contributed by atoms with E-state index in [9.17, 15) is 4.79 Å². The number of nitrogens with zero attached hydrogens (tertiary/aromatic N) is 4. The molecule has 172 valence electrons. The summed E-state index contributed by atoms with van der Waals surface area (Å²) in [4.78, 5) is 28.2. The van der Waals surface area contributed by atoms with E-state index < -0.39 is 5.60 Å². The minimum absolute atomic E-state index is 0.0128. The first kappa shape index (κ1) is 23.0. The first-order valence-electron chi connectivity index (χ1n) is 11.1. The number of carbonyl (C=O) groups excluding carboxylic acids is 1. The Morgan fingerprint density at radius 1 is 1.12 bits per heavy atom. The van der Waals surface area contributed by atoms with Gasteiger partial charge in [-0.1, -0.05) is 11.6 Å². The zero-order valence-electron chi connectivity index (χ0n) is 19.1. The Hall–Kier alpha value is -3.19. The molecule has 1 atom stereocenters. The summed E-state index contributed by atoms with van der Waals surface area (Å²) < 4.78 is 5.58. The van der Waals surface area contributed by atoms with Gasteiger partial charge in [0.1, 0.15) is 17.2 Å². The molecule has 1 fully saturated rings. The van der Waals surface area contributed by atoms with E-state index in [1.54, 1.807) is 17.3 Å². The van der Waals surface area contributed by atoms with Gasteiger partial charge in [-0.2, -0.15) is 0 Å². The van der Waals surface area contributed by atoms with Gasteiger partial charge in [0.2, 0.25) is 0 Å². The Morgan fingerprint density at radius 2 is 1.85 bits per heavy atom. The first-order chi connectivity index (χ1) is 15.8. The number of anilines is 2. The molecule has 0 aliphatic carbocycles. The molecular formula is C25H28ClN5O2. The SMILES string of the molecule is CC(C)(C)OC(=O)N1CCC[C@H](c2nc(Nc3ccc(Cl)cc3)cc(-c3ccncc3)n2)C1. The normalized spacial score (nSPS) is 16.4. The molecule has 3 aromatic rings. The van der Waals surface area contributed by atoms with Crippen LogP contribution in [0.3, 0.4) is 0 Å². The van der Waals surface area contributed by atoms with E-state index in [4.69, 9.17) is 26.3 Å². The number of rotatable bonds is 4. The quantitative estimate of drug-likeness (QED) is 0.505. The molecule has 1 N–H and O–H groups in total. The van der Waals surface area contributed by atoms with E-state index in [-0.39, 0.29) is 12.0 Å². The number of hydrogen-bond donors (Lipinski definition) is 1. The number of carbonyl (C=O) groups is 1. The lowest BCUT2D eigenvalue weighted by atomic mass is 9.97. The van der Waals surface area contributed by atoms with Crippen LogP contribution in [0.2, 0.25) is 5.02 Å². The first-order valence-corrected chi connectivity index (χ1v) is 11.4. The highest BCUT2D eigenvalue weighted by molar-refractivity contribution is 6.30. The van der Waals surface area contributed by atoms with Crippen LogP contribution in [0, 0.1) is 0 Å². The number of ether oxygens (including phenoxy) is 1. The topological polar surface area (TPSA) is 80.2 Å². The highest BCUT2D eigenvalue weighted by atomic mass is 35.5. The van der Waals surface area contributed by atoms with Crippen LogP contribution in [0.15, 0.2) is 54.9 Å². The summed E-state index contributed by atoms with van der Waals surface area (Å²) in [6, 6.07) is 13.2. The molecule has 1 amide bonds. The number of amides is 1. The van der Waals surface area contributed by atoms with E-state index in [2.05, 4.69) is 10.3 Å².